The number of aliphatic hydroxyl groups excluding tert-OH is 1. The van der Waals surface area contributed by atoms with Gasteiger partial charge in [0.15, 0.2) is 0 Å². The molecule has 0 bridgehead atoms. The number of carbonyl (C=O) groups excluding carboxylic acids is 1. The second-order valence-corrected chi connectivity index (χ2v) is 4.14. The lowest BCUT2D eigenvalue weighted by atomic mass is 10.0. The highest BCUT2D eigenvalue weighted by Gasteiger charge is 2.33. The first kappa shape index (κ1) is 12.0. The topological polar surface area (TPSA) is 86.6 Å². The summed E-state index contributed by atoms with van der Waals surface area (Å²) in [6.07, 6.45) is 1.05. The maximum Gasteiger partial charge on any atom is 0.306 e. The SMILES string of the molecule is C[C@H](O)CNC(=O)C1CCC(C(=O)O)C1. The van der Waals surface area contributed by atoms with E-state index < -0.39 is 12.1 Å². The van der Waals surface area contributed by atoms with E-state index in [1.54, 1.807) is 6.92 Å². The molecular weight excluding hydrogens is 198 g/mol. The molecule has 1 amide bonds. The van der Waals surface area contributed by atoms with E-state index in [0.29, 0.717) is 19.3 Å². The number of nitrogens with one attached hydrogen (secondary N) is 1. The molecule has 0 spiro atoms. The summed E-state index contributed by atoms with van der Waals surface area (Å²) < 4.78 is 0. The molecule has 0 aromatic heterocycles. The van der Waals surface area contributed by atoms with Crippen molar-refractivity contribution in [2.45, 2.75) is 32.3 Å². The van der Waals surface area contributed by atoms with Crippen molar-refractivity contribution in [2.75, 3.05) is 6.54 Å². The van der Waals surface area contributed by atoms with Gasteiger partial charge in [-0.25, -0.2) is 0 Å². The van der Waals surface area contributed by atoms with E-state index in [1.807, 2.05) is 0 Å². The van der Waals surface area contributed by atoms with Crippen LogP contribution in [0.1, 0.15) is 26.2 Å². The Balaban J connectivity index is 2.33. The molecule has 3 N–H and O–H groups in total. The average molecular weight is 215 g/mol. The highest BCUT2D eigenvalue weighted by Crippen LogP contribution is 2.30. The number of aliphatic carboxylic acids is 1. The van der Waals surface area contributed by atoms with Crippen molar-refractivity contribution in [3.63, 3.8) is 0 Å². The zero-order chi connectivity index (χ0) is 11.4. The zero-order valence-electron chi connectivity index (χ0n) is 8.77. The van der Waals surface area contributed by atoms with Crippen LogP contribution in [0.3, 0.4) is 0 Å². The van der Waals surface area contributed by atoms with Gasteiger partial charge in [-0.15, -0.1) is 0 Å². The molecule has 15 heavy (non-hydrogen) atoms. The third-order valence-electron chi connectivity index (χ3n) is 2.72. The fourth-order valence-electron chi connectivity index (χ4n) is 1.84. The van der Waals surface area contributed by atoms with Crippen molar-refractivity contribution in [3.05, 3.63) is 0 Å². The monoisotopic (exact) mass is 215 g/mol. The molecule has 0 heterocycles. The summed E-state index contributed by atoms with van der Waals surface area (Å²) in [4.78, 5) is 22.2. The molecule has 3 atom stereocenters. The van der Waals surface area contributed by atoms with Gasteiger partial charge in [-0.1, -0.05) is 0 Å². The first-order chi connectivity index (χ1) is 7.00. The molecule has 1 fully saturated rings. The smallest absolute Gasteiger partial charge is 0.306 e. The summed E-state index contributed by atoms with van der Waals surface area (Å²) in [6.45, 7) is 1.82. The first-order valence-corrected chi connectivity index (χ1v) is 5.19. The van der Waals surface area contributed by atoms with Crippen molar-refractivity contribution in [2.24, 2.45) is 11.8 Å². The van der Waals surface area contributed by atoms with E-state index >= 15 is 0 Å². The van der Waals surface area contributed by atoms with Crippen LogP contribution >= 0.6 is 0 Å². The van der Waals surface area contributed by atoms with Crippen LogP contribution in [0, 0.1) is 11.8 Å². The number of carboxylic acid groups (broad SMARTS) is 1. The van der Waals surface area contributed by atoms with Gasteiger partial charge < -0.3 is 15.5 Å². The summed E-state index contributed by atoms with van der Waals surface area (Å²) in [5.41, 5.74) is 0. The molecular formula is C10H17NO4. The average Bonchev–Trinajstić information content (AvgIpc) is 2.62. The predicted molar refractivity (Wildman–Crippen MR) is 53.2 cm³/mol. The second kappa shape index (κ2) is 5.11. The van der Waals surface area contributed by atoms with Gasteiger partial charge >= 0.3 is 5.97 Å². The number of hydrogen-bond donors (Lipinski definition) is 3. The fraction of sp³-hybridized carbons (Fsp3) is 0.800. The zero-order valence-corrected chi connectivity index (χ0v) is 8.77. The van der Waals surface area contributed by atoms with Crippen LogP contribution in [0.25, 0.3) is 0 Å². The summed E-state index contributed by atoms with van der Waals surface area (Å²) in [7, 11) is 0. The third kappa shape index (κ3) is 3.51. The molecule has 1 saturated carbocycles. The van der Waals surface area contributed by atoms with E-state index in [1.165, 1.54) is 0 Å². The molecule has 1 aliphatic carbocycles. The van der Waals surface area contributed by atoms with Gasteiger partial charge in [-0.05, 0) is 26.2 Å². The maximum atomic E-state index is 11.5. The minimum Gasteiger partial charge on any atom is -0.481 e. The van der Waals surface area contributed by atoms with Crippen molar-refractivity contribution < 1.29 is 19.8 Å². The van der Waals surface area contributed by atoms with E-state index in [9.17, 15) is 9.59 Å². The first-order valence-electron chi connectivity index (χ1n) is 5.19. The van der Waals surface area contributed by atoms with E-state index in [0.717, 1.165) is 0 Å². The van der Waals surface area contributed by atoms with Crippen LogP contribution in [0.4, 0.5) is 0 Å². The van der Waals surface area contributed by atoms with Crippen LogP contribution in [-0.2, 0) is 9.59 Å². The quantitative estimate of drug-likeness (QED) is 0.615. The van der Waals surface area contributed by atoms with E-state index in [4.69, 9.17) is 10.2 Å². The molecule has 0 aromatic carbocycles. The summed E-state index contributed by atoms with van der Waals surface area (Å²) in [5.74, 6) is -1.54. The Hall–Kier alpha value is -1.10. The molecule has 2 unspecified atom stereocenters. The number of hydrogen-bond acceptors (Lipinski definition) is 3. The number of amides is 1. The van der Waals surface area contributed by atoms with Gasteiger partial charge in [-0.3, -0.25) is 9.59 Å². The Bertz CT molecular complexity index is 252. The number of carboxylic acids is 1. The van der Waals surface area contributed by atoms with Crippen molar-refractivity contribution >= 4 is 11.9 Å². The Kier molecular flexibility index (Phi) is 4.08. The standard InChI is InChI=1S/C10H17NO4/c1-6(12)5-11-9(13)7-2-3-8(4-7)10(14)15/h6-8,12H,2-5H2,1H3,(H,11,13)(H,14,15)/t6-,7?,8?/m0/s1. The van der Waals surface area contributed by atoms with E-state index in [-0.39, 0.29) is 24.3 Å². The molecule has 0 saturated heterocycles. The minimum absolute atomic E-state index is 0.139. The highest BCUT2D eigenvalue weighted by atomic mass is 16.4. The van der Waals surface area contributed by atoms with Gasteiger partial charge in [0.05, 0.1) is 12.0 Å². The predicted octanol–water partition coefficient (Wildman–Crippen LogP) is -0.0157. The molecule has 1 rings (SSSR count). The molecule has 0 aromatic rings. The summed E-state index contributed by atoms with van der Waals surface area (Å²) in [6, 6.07) is 0. The van der Waals surface area contributed by atoms with E-state index in [2.05, 4.69) is 5.32 Å². The maximum absolute atomic E-state index is 11.5. The highest BCUT2D eigenvalue weighted by molar-refractivity contribution is 5.80. The fourth-order valence-corrected chi connectivity index (χ4v) is 1.84. The number of aliphatic hydroxyl groups is 1. The normalized spacial score (nSPS) is 27.3. The van der Waals surface area contributed by atoms with Gasteiger partial charge in [-0.2, -0.15) is 0 Å². The Morgan fingerprint density at radius 3 is 2.47 bits per heavy atom. The van der Waals surface area contributed by atoms with Gasteiger partial charge in [0, 0.05) is 12.5 Å². The van der Waals surface area contributed by atoms with Crippen molar-refractivity contribution in [1.29, 1.82) is 0 Å². The van der Waals surface area contributed by atoms with Crippen LogP contribution < -0.4 is 5.32 Å². The molecule has 86 valence electrons. The van der Waals surface area contributed by atoms with Gasteiger partial charge in [0.2, 0.25) is 5.91 Å². The lowest BCUT2D eigenvalue weighted by Gasteiger charge is -2.11. The number of carbonyl (C=O) groups is 2. The summed E-state index contributed by atoms with van der Waals surface area (Å²) in [5, 5.41) is 20.3. The number of rotatable bonds is 4. The molecule has 0 radical (unpaired) electrons. The van der Waals surface area contributed by atoms with Crippen molar-refractivity contribution in [1.82, 2.24) is 5.32 Å². The van der Waals surface area contributed by atoms with Crippen LogP contribution in [-0.4, -0.2) is 34.7 Å². The molecule has 1 aliphatic rings. The summed E-state index contributed by atoms with van der Waals surface area (Å²) >= 11 is 0. The molecule has 0 aliphatic heterocycles. The Morgan fingerprint density at radius 1 is 1.40 bits per heavy atom. The third-order valence-corrected chi connectivity index (χ3v) is 2.72. The largest absolute Gasteiger partial charge is 0.481 e. The minimum atomic E-state index is -0.819. The van der Waals surface area contributed by atoms with Gasteiger partial charge in [0.25, 0.3) is 0 Å². The van der Waals surface area contributed by atoms with Crippen LogP contribution in [0.2, 0.25) is 0 Å². The van der Waals surface area contributed by atoms with Gasteiger partial charge in [0.1, 0.15) is 0 Å². The Morgan fingerprint density at radius 2 is 2.00 bits per heavy atom. The van der Waals surface area contributed by atoms with Crippen molar-refractivity contribution in [3.8, 4) is 0 Å². The lowest BCUT2D eigenvalue weighted by Crippen LogP contribution is -2.34. The van der Waals surface area contributed by atoms with Crippen LogP contribution in [0.5, 0.6) is 0 Å². The second-order valence-electron chi connectivity index (χ2n) is 4.14. The van der Waals surface area contributed by atoms with Crippen LogP contribution in [0.15, 0.2) is 0 Å². The Labute approximate surface area is 88.5 Å². The lowest BCUT2D eigenvalue weighted by molar-refractivity contribution is -0.141. The molecule has 5 nitrogen and oxygen atoms in total. The molecule has 5 heteroatoms.